The first-order chi connectivity index (χ1) is 11.7. The van der Waals surface area contributed by atoms with Gasteiger partial charge in [-0.05, 0) is 18.2 Å². The molecule has 24 heavy (non-hydrogen) atoms. The van der Waals surface area contributed by atoms with Crippen molar-refractivity contribution in [2.45, 2.75) is 0 Å². The van der Waals surface area contributed by atoms with Crippen LogP contribution in [0.4, 0.5) is 0 Å². The van der Waals surface area contributed by atoms with Gasteiger partial charge in [0.15, 0.2) is 0 Å². The minimum Gasteiger partial charge on any atom is -0.478 e. The van der Waals surface area contributed by atoms with Gasteiger partial charge in [-0.1, -0.05) is 35.5 Å². The molecular weight excluding hydrogens is 308 g/mol. The number of carbonyl (C=O) groups is 1. The van der Waals surface area contributed by atoms with E-state index in [4.69, 9.17) is 4.52 Å². The predicted octanol–water partition coefficient (Wildman–Crippen LogP) is 3.05. The maximum Gasteiger partial charge on any atom is 0.336 e. The Morgan fingerprint density at radius 3 is 2.54 bits per heavy atom. The van der Waals surface area contributed by atoms with E-state index in [1.165, 1.54) is 6.07 Å². The fourth-order valence-corrected chi connectivity index (χ4v) is 2.36. The second-order valence-corrected chi connectivity index (χ2v) is 5.02. The highest BCUT2D eigenvalue weighted by Gasteiger charge is 2.17. The summed E-state index contributed by atoms with van der Waals surface area (Å²) in [5, 5.41) is 13.1. The van der Waals surface area contributed by atoms with Crippen LogP contribution in [0.3, 0.4) is 0 Å². The molecule has 0 unspecified atom stereocenters. The van der Waals surface area contributed by atoms with Crippen molar-refractivity contribution < 1.29 is 14.4 Å². The molecule has 2 heterocycles. The molecule has 0 aliphatic heterocycles. The number of hydrogen-bond donors (Lipinski definition) is 1. The molecule has 2 aromatic heterocycles. The third kappa shape index (κ3) is 2.38. The van der Waals surface area contributed by atoms with Crippen LogP contribution in [-0.2, 0) is 0 Å². The normalized spacial score (nSPS) is 10.8. The summed E-state index contributed by atoms with van der Waals surface area (Å²) in [6, 6.07) is 13.9. The van der Waals surface area contributed by atoms with Crippen LogP contribution in [0.15, 0.2) is 59.3 Å². The topological polar surface area (TPSA) is 102 Å². The molecule has 116 valence electrons. The van der Waals surface area contributed by atoms with Crippen molar-refractivity contribution in [3.63, 3.8) is 0 Å². The average Bonchev–Trinajstić information content (AvgIpc) is 3.11. The van der Waals surface area contributed by atoms with Gasteiger partial charge in [-0.15, -0.1) is 0 Å². The summed E-state index contributed by atoms with van der Waals surface area (Å²) in [4.78, 5) is 24.3. The average molecular weight is 318 g/mol. The number of nitrogens with zero attached hydrogens (tertiary/aromatic N) is 4. The molecule has 4 rings (SSSR count). The van der Waals surface area contributed by atoms with Crippen molar-refractivity contribution in [3.05, 3.63) is 60.3 Å². The number of aromatic carboxylic acids is 1. The lowest BCUT2D eigenvalue weighted by atomic mass is 10.1. The van der Waals surface area contributed by atoms with Crippen LogP contribution in [0.5, 0.6) is 0 Å². The first kappa shape index (κ1) is 14.0. The van der Waals surface area contributed by atoms with Crippen LogP contribution < -0.4 is 0 Å². The molecule has 0 fully saturated rings. The van der Waals surface area contributed by atoms with Crippen molar-refractivity contribution in [1.82, 2.24) is 20.1 Å². The summed E-state index contributed by atoms with van der Waals surface area (Å²) in [7, 11) is 0. The Morgan fingerprint density at radius 1 is 0.958 bits per heavy atom. The van der Waals surface area contributed by atoms with Crippen LogP contribution in [0.2, 0.25) is 0 Å². The van der Waals surface area contributed by atoms with Gasteiger partial charge in [-0.25, -0.2) is 9.78 Å². The molecule has 7 heteroatoms. The summed E-state index contributed by atoms with van der Waals surface area (Å²) >= 11 is 0. The van der Waals surface area contributed by atoms with E-state index in [1.807, 2.05) is 24.3 Å². The van der Waals surface area contributed by atoms with E-state index in [-0.39, 0.29) is 17.3 Å². The number of carboxylic acid groups (broad SMARTS) is 1. The zero-order valence-electron chi connectivity index (χ0n) is 12.2. The van der Waals surface area contributed by atoms with Crippen LogP contribution in [0.1, 0.15) is 10.4 Å². The van der Waals surface area contributed by atoms with Gasteiger partial charge in [0.2, 0.25) is 5.82 Å². The Morgan fingerprint density at radius 2 is 1.71 bits per heavy atom. The maximum absolute atomic E-state index is 11.3. The summed E-state index contributed by atoms with van der Waals surface area (Å²) < 4.78 is 5.23. The maximum atomic E-state index is 11.3. The van der Waals surface area contributed by atoms with Crippen molar-refractivity contribution in [2.24, 2.45) is 0 Å². The largest absolute Gasteiger partial charge is 0.478 e. The van der Waals surface area contributed by atoms with Gasteiger partial charge in [0.05, 0.1) is 22.8 Å². The number of fused-ring (bicyclic) bond motifs is 1. The molecule has 0 aliphatic rings. The number of benzene rings is 2. The second kappa shape index (κ2) is 5.54. The summed E-state index contributed by atoms with van der Waals surface area (Å²) in [6.45, 7) is 0. The lowest BCUT2D eigenvalue weighted by Gasteiger charge is -1.99. The number of aromatic nitrogens is 4. The van der Waals surface area contributed by atoms with Crippen molar-refractivity contribution in [1.29, 1.82) is 0 Å². The molecule has 2 aromatic carbocycles. The first-order valence-electron chi connectivity index (χ1n) is 7.11. The van der Waals surface area contributed by atoms with Crippen LogP contribution in [-0.4, -0.2) is 31.2 Å². The van der Waals surface area contributed by atoms with E-state index < -0.39 is 5.97 Å². The Bertz CT molecular complexity index is 1060. The van der Waals surface area contributed by atoms with Gasteiger partial charge in [0.1, 0.15) is 5.69 Å². The summed E-state index contributed by atoms with van der Waals surface area (Å²) in [5.74, 6) is -0.677. The second-order valence-electron chi connectivity index (χ2n) is 5.02. The van der Waals surface area contributed by atoms with Gasteiger partial charge in [0, 0.05) is 5.56 Å². The molecule has 0 amide bonds. The highest BCUT2D eigenvalue weighted by molar-refractivity contribution is 5.95. The lowest BCUT2D eigenvalue weighted by molar-refractivity contribution is 0.0697. The minimum absolute atomic E-state index is 0.106. The van der Waals surface area contributed by atoms with Gasteiger partial charge in [-0.3, -0.25) is 4.98 Å². The highest BCUT2D eigenvalue weighted by Crippen LogP contribution is 2.24. The lowest BCUT2D eigenvalue weighted by Crippen LogP contribution is -1.99. The monoisotopic (exact) mass is 318 g/mol. The van der Waals surface area contributed by atoms with Gasteiger partial charge >= 0.3 is 5.97 Å². The van der Waals surface area contributed by atoms with Crippen LogP contribution in [0.25, 0.3) is 34.0 Å². The minimum atomic E-state index is -1.05. The van der Waals surface area contributed by atoms with Gasteiger partial charge in [0.25, 0.3) is 5.89 Å². The fraction of sp³-hybridized carbons (Fsp3) is 0. The number of hydrogen-bond acceptors (Lipinski definition) is 6. The van der Waals surface area contributed by atoms with E-state index in [2.05, 4.69) is 20.1 Å². The van der Waals surface area contributed by atoms with Crippen molar-refractivity contribution >= 4 is 17.0 Å². The quantitative estimate of drug-likeness (QED) is 0.619. The molecule has 4 aromatic rings. The number of rotatable bonds is 3. The van der Waals surface area contributed by atoms with E-state index in [0.717, 1.165) is 5.52 Å². The number of carboxylic acids is 1. The van der Waals surface area contributed by atoms with Crippen LogP contribution in [0, 0.1) is 0 Å². The third-order valence-corrected chi connectivity index (χ3v) is 3.49. The molecule has 1 N–H and O–H groups in total. The van der Waals surface area contributed by atoms with Crippen molar-refractivity contribution in [3.8, 4) is 23.0 Å². The Balaban J connectivity index is 1.78. The van der Waals surface area contributed by atoms with E-state index in [1.54, 1.807) is 24.4 Å². The molecule has 0 saturated heterocycles. The molecule has 7 nitrogen and oxygen atoms in total. The first-order valence-corrected chi connectivity index (χ1v) is 7.11. The zero-order chi connectivity index (χ0) is 16.5. The molecule has 0 radical (unpaired) electrons. The number of para-hydroxylation sites is 2. The summed E-state index contributed by atoms with van der Waals surface area (Å²) in [6.07, 6.45) is 1.54. The van der Waals surface area contributed by atoms with Crippen LogP contribution >= 0.6 is 0 Å². The Labute approximate surface area is 135 Å². The molecule has 0 spiro atoms. The van der Waals surface area contributed by atoms with E-state index >= 15 is 0 Å². The van der Waals surface area contributed by atoms with Gasteiger partial charge in [-0.2, -0.15) is 4.98 Å². The highest BCUT2D eigenvalue weighted by atomic mass is 16.5. The SMILES string of the molecule is O=C(O)c1ccccc1-c1noc(-c2cnc3ccccc3n2)n1. The molecule has 0 atom stereocenters. The zero-order valence-corrected chi connectivity index (χ0v) is 12.2. The summed E-state index contributed by atoms with van der Waals surface area (Å²) in [5.41, 5.74) is 2.39. The molecule has 0 saturated carbocycles. The molecular formula is C17H10N4O3. The smallest absolute Gasteiger partial charge is 0.336 e. The Kier molecular flexibility index (Phi) is 3.24. The standard InChI is InChI=1S/C17H10N4O3/c22-17(23)11-6-2-1-5-10(11)15-20-16(24-21-15)14-9-18-12-7-3-4-8-13(12)19-14/h1-9H,(H,22,23). The fourth-order valence-electron chi connectivity index (χ4n) is 2.36. The van der Waals surface area contributed by atoms with E-state index in [9.17, 15) is 9.90 Å². The molecule has 0 bridgehead atoms. The third-order valence-electron chi connectivity index (χ3n) is 3.49. The van der Waals surface area contributed by atoms with Crippen molar-refractivity contribution in [2.75, 3.05) is 0 Å². The Hall–Kier alpha value is -3.61. The predicted molar refractivity (Wildman–Crippen MR) is 85.2 cm³/mol. The van der Waals surface area contributed by atoms with E-state index in [0.29, 0.717) is 16.8 Å². The van der Waals surface area contributed by atoms with Gasteiger partial charge < -0.3 is 9.63 Å². The molecule has 0 aliphatic carbocycles.